The molecule has 128 valence electrons. The van der Waals surface area contributed by atoms with Crippen LogP contribution in [-0.2, 0) is 11.3 Å². The Morgan fingerprint density at radius 3 is 2.48 bits per heavy atom. The van der Waals surface area contributed by atoms with Gasteiger partial charge in [0.25, 0.3) is 0 Å². The van der Waals surface area contributed by atoms with Crippen molar-refractivity contribution in [2.75, 3.05) is 0 Å². The van der Waals surface area contributed by atoms with E-state index < -0.39 is 12.1 Å². The number of esters is 1. The third-order valence-corrected chi connectivity index (χ3v) is 4.57. The Balaban J connectivity index is 1.84. The molecule has 1 heterocycles. The SMILES string of the molecule is O=C(OC(Cn1ccnc1)c1ccc(Cl)cc1)c1ccc(Cl)c(Cl)c1. The average molecular weight is 396 g/mol. The molecule has 0 N–H and O–H groups in total. The summed E-state index contributed by atoms with van der Waals surface area (Å²) < 4.78 is 7.53. The van der Waals surface area contributed by atoms with Gasteiger partial charge in [0.05, 0.1) is 28.5 Å². The lowest BCUT2D eigenvalue weighted by Crippen LogP contribution is -2.16. The highest BCUT2D eigenvalue weighted by Gasteiger charge is 2.19. The quantitative estimate of drug-likeness (QED) is 0.540. The second kappa shape index (κ2) is 7.91. The van der Waals surface area contributed by atoms with Crippen molar-refractivity contribution in [1.82, 2.24) is 9.55 Å². The molecule has 4 nitrogen and oxygen atoms in total. The highest BCUT2D eigenvalue weighted by atomic mass is 35.5. The minimum Gasteiger partial charge on any atom is -0.452 e. The monoisotopic (exact) mass is 394 g/mol. The fourth-order valence-electron chi connectivity index (χ4n) is 2.29. The Labute approximate surface area is 159 Å². The van der Waals surface area contributed by atoms with E-state index in [4.69, 9.17) is 39.5 Å². The topological polar surface area (TPSA) is 44.1 Å². The molecule has 25 heavy (non-hydrogen) atoms. The summed E-state index contributed by atoms with van der Waals surface area (Å²) in [5.74, 6) is -0.487. The summed E-state index contributed by atoms with van der Waals surface area (Å²) in [4.78, 5) is 16.5. The molecule has 0 amide bonds. The Bertz CT molecular complexity index is 865. The molecule has 1 aromatic heterocycles. The molecule has 0 saturated carbocycles. The Hall–Kier alpha value is -2.01. The number of hydrogen-bond donors (Lipinski definition) is 0. The molecular weight excluding hydrogens is 383 g/mol. The van der Waals surface area contributed by atoms with Crippen LogP contribution in [0.15, 0.2) is 61.2 Å². The summed E-state index contributed by atoms with van der Waals surface area (Å²) in [5.41, 5.74) is 1.16. The fourth-order valence-corrected chi connectivity index (χ4v) is 2.72. The van der Waals surface area contributed by atoms with Gasteiger partial charge in [0.2, 0.25) is 0 Å². The molecule has 0 aliphatic carbocycles. The van der Waals surface area contributed by atoms with E-state index in [1.165, 1.54) is 6.07 Å². The average Bonchev–Trinajstić information content (AvgIpc) is 3.10. The maximum Gasteiger partial charge on any atom is 0.338 e. The van der Waals surface area contributed by atoms with E-state index in [1.54, 1.807) is 43.0 Å². The zero-order chi connectivity index (χ0) is 17.8. The van der Waals surface area contributed by atoms with Gasteiger partial charge >= 0.3 is 5.97 Å². The molecule has 1 unspecified atom stereocenters. The first-order valence-electron chi connectivity index (χ1n) is 7.40. The van der Waals surface area contributed by atoms with E-state index in [2.05, 4.69) is 4.98 Å². The standard InChI is InChI=1S/C18H13Cl3N2O2/c19-14-4-1-12(2-5-14)17(10-23-8-7-22-11-23)25-18(24)13-3-6-15(20)16(21)9-13/h1-9,11,17H,10H2. The number of nitrogens with zero attached hydrogens (tertiary/aromatic N) is 2. The van der Waals surface area contributed by atoms with Crippen molar-refractivity contribution in [3.8, 4) is 0 Å². The molecule has 0 saturated heterocycles. The number of aromatic nitrogens is 2. The van der Waals surface area contributed by atoms with Gasteiger partial charge in [0.15, 0.2) is 0 Å². The van der Waals surface area contributed by atoms with E-state index in [0.29, 0.717) is 27.2 Å². The van der Waals surface area contributed by atoms with Crippen LogP contribution in [0.4, 0.5) is 0 Å². The van der Waals surface area contributed by atoms with Crippen LogP contribution in [0.1, 0.15) is 22.0 Å². The van der Waals surface area contributed by atoms with Crippen molar-refractivity contribution < 1.29 is 9.53 Å². The van der Waals surface area contributed by atoms with Gasteiger partial charge in [-0.05, 0) is 35.9 Å². The van der Waals surface area contributed by atoms with E-state index >= 15 is 0 Å². The van der Waals surface area contributed by atoms with Gasteiger partial charge in [-0.3, -0.25) is 0 Å². The first kappa shape index (κ1) is 17.8. The second-order valence-electron chi connectivity index (χ2n) is 5.33. The van der Waals surface area contributed by atoms with Gasteiger partial charge in [0.1, 0.15) is 6.10 Å². The molecule has 0 aliphatic heterocycles. The number of benzene rings is 2. The molecule has 2 aromatic carbocycles. The minimum atomic E-state index is -0.506. The summed E-state index contributed by atoms with van der Waals surface area (Å²) in [7, 11) is 0. The van der Waals surface area contributed by atoms with Crippen LogP contribution in [0.3, 0.4) is 0 Å². The molecule has 3 aromatic rings. The molecular formula is C18H13Cl3N2O2. The number of carbonyl (C=O) groups excluding carboxylic acids is 1. The maximum atomic E-state index is 12.5. The molecule has 0 aliphatic rings. The van der Waals surface area contributed by atoms with Crippen molar-refractivity contribution in [2.24, 2.45) is 0 Å². The summed E-state index contributed by atoms with van der Waals surface area (Å²) in [6.07, 6.45) is 4.62. The Morgan fingerprint density at radius 1 is 1.08 bits per heavy atom. The van der Waals surface area contributed by atoms with Crippen LogP contribution >= 0.6 is 34.8 Å². The van der Waals surface area contributed by atoms with Crippen LogP contribution < -0.4 is 0 Å². The predicted octanol–water partition coefficient (Wildman–Crippen LogP) is 5.44. The largest absolute Gasteiger partial charge is 0.452 e. The third-order valence-electron chi connectivity index (χ3n) is 3.58. The Kier molecular flexibility index (Phi) is 5.63. The van der Waals surface area contributed by atoms with Gasteiger partial charge in [0, 0.05) is 17.4 Å². The van der Waals surface area contributed by atoms with Gasteiger partial charge in [-0.2, -0.15) is 0 Å². The van der Waals surface area contributed by atoms with Crippen molar-refractivity contribution in [3.63, 3.8) is 0 Å². The maximum absolute atomic E-state index is 12.5. The summed E-state index contributed by atoms with van der Waals surface area (Å²) in [6.45, 7) is 0.425. The zero-order valence-corrected chi connectivity index (χ0v) is 15.2. The van der Waals surface area contributed by atoms with Crippen LogP contribution in [0.2, 0.25) is 15.1 Å². The molecule has 7 heteroatoms. The van der Waals surface area contributed by atoms with Crippen LogP contribution in [0.5, 0.6) is 0 Å². The molecule has 1 atom stereocenters. The van der Waals surface area contributed by atoms with Crippen molar-refractivity contribution in [2.45, 2.75) is 12.6 Å². The molecule has 0 fully saturated rings. The second-order valence-corrected chi connectivity index (χ2v) is 6.58. The number of halogens is 3. The molecule has 0 radical (unpaired) electrons. The van der Waals surface area contributed by atoms with Crippen LogP contribution in [-0.4, -0.2) is 15.5 Å². The Morgan fingerprint density at radius 2 is 1.84 bits per heavy atom. The number of carbonyl (C=O) groups is 1. The predicted molar refractivity (Wildman–Crippen MR) is 98.3 cm³/mol. The number of rotatable bonds is 5. The first-order valence-corrected chi connectivity index (χ1v) is 8.53. The third kappa shape index (κ3) is 4.54. The summed E-state index contributed by atoms with van der Waals surface area (Å²) >= 11 is 17.8. The van der Waals surface area contributed by atoms with Crippen LogP contribution in [0, 0.1) is 0 Å². The molecule has 0 bridgehead atoms. The lowest BCUT2D eigenvalue weighted by atomic mass is 10.1. The number of hydrogen-bond acceptors (Lipinski definition) is 3. The molecule has 0 spiro atoms. The highest BCUT2D eigenvalue weighted by Crippen LogP contribution is 2.26. The number of ether oxygens (including phenoxy) is 1. The van der Waals surface area contributed by atoms with Crippen LogP contribution in [0.25, 0.3) is 0 Å². The van der Waals surface area contributed by atoms with Gasteiger partial charge < -0.3 is 9.30 Å². The van der Waals surface area contributed by atoms with Gasteiger partial charge in [-0.25, -0.2) is 9.78 Å². The zero-order valence-electron chi connectivity index (χ0n) is 12.9. The van der Waals surface area contributed by atoms with E-state index in [9.17, 15) is 4.79 Å². The van der Waals surface area contributed by atoms with Gasteiger partial charge in [-0.1, -0.05) is 46.9 Å². The van der Waals surface area contributed by atoms with E-state index in [1.807, 2.05) is 16.7 Å². The normalized spacial score (nSPS) is 12.0. The summed E-state index contributed by atoms with van der Waals surface area (Å²) in [6, 6.07) is 11.8. The van der Waals surface area contributed by atoms with Gasteiger partial charge in [-0.15, -0.1) is 0 Å². The van der Waals surface area contributed by atoms with Crippen molar-refractivity contribution in [1.29, 1.82) is 0 Å². The van der Waals surface area contributed by atoms with E-state index in [0.717, 1.165) is 5.56 Å². The summed E-state index contributed by atoms with van der Waals surface area (Å²) in [5, 5.41) is 1.29. The molecule has 3 rings (SSSR count). The van der Waals surface area contributed by atoms with Crippen molar-refractivity contribution >= 4 is 40.8 Å². The highest BCUT2D eigenvalue weighted by molar-refractivity contribution is 6.42. The first-order chi connectivity index (χ1) is 12.0. The lowest BCUT2D eigenvalue weighted by molar-refractivity contribution is 0.0255. The smallest absolute Gasteiger partial charge is 0.338 e. The number of imidazole rings is 1. The van der Waals surface area contributed by atoms with Crippen molar-refractivity contribution in [3.05, 3.63) is 87.4 Å². The minimum absolute atomic E-state index is 0.300. The fraction of sp³-hybridized carbons (Fsp3) is 0.111. The lowest BCUT2D eigenvalue weighted by Gasteiger charge is -2.19. The van der Waals surface area contributed by atoms with E-state index in [-0.39, 0.29) is 0 Å².